The largest absolute Gasteiger partial charge is 0.491 e. The molecule has 1 unspecified atom stereocenters. The molecule has 2 amide bonds. The van der Waals surface area contributed by atoms with E-state index in [4.69, 9.17) is 14.2 Å². The number of methoxy groups -OCH3 is 1. The molecule has 1 saturated heterocycles. The number of hydrogen-bond acceptors (Lipinski definition) is 5. The summed E-state index contributed by atoms with van der Waals surface area (Å²) < 4.78 is 16.2. The first-order valence-electron chi connectivity index (χ1n) is 9.69. The summed E-state index contributed by atoms with van der Waals surface area (Å²) in [6.07, 6.45) is 2.22. The minimum Gasteiger partial charge on any atom is -0.491 e. The first kappa shape index (κ1) is 20.8. The number of anilines is 1. The monoisotopic (exact) mass is 398 g/mol. The molecule has 7 nitrogen and oxygen atoms in total. The zero-order chi connectivity index (χ0) is 20.5. The lowest BCUT2D eigenvalue weighted by atomic mass is 10.1. The molecular formula is C22H26N2O5. The summed E-state index contributed by atoms with van der Waals surface area (Å²) in [5.74, 6) is 0.124. The average molecular weight is 398 g/mol. The molecule has 7 heteroatoms. The third-order valence-corrected chi connectivity index (χ3v) is 4.59. The maximum absolute atomic E-state index is 12.6. The second kappa shape index (κ2) is 10.6. The number of para-hydroxylation sites is 1. The van der Waals surface area contributed by atoms with E-state index in [-0.39, 0.29) is 17.9 Å². The highest BCUT2D eigenvalue weighted by atomic mass is 16.5. The van der Waals surface area contributed by atoms with Crippen molar-refractivity contribution in [1.29, 1.82) is 0 Å². The highest BCUT2D eigenvalue weighted by Crippen LogP contribution is 2.19. The van der Waals surface area contributed by atoms with E-state index in [0.717, 1.165) is 19.4 Å². The van der Waals surface area contributed by atoms with Crippen LogP contribution >= 0.6 is 0 Å². The van der Waals surface area contributed by atoms with Crippen molar-refractivity contribution in [3.8, 4) is 5.75 Å². The van der Waals surface area contributed by atoms with Gasteiger partial charge in [-0.25, -0.2) is 0 Å². The normalized spacial score (nSPS) is 15.7. The van der Waals surface area contributed by atoms with Crippen LogP contribution in [0.4, 0.5) is 5.69 Å². The minimum atomic E-state index is -0.298. The lowest BCUT2D eigenvalue weighted by Gasteiger charge is -2.13. The fourth-order valence-corrected chi connectivity index (χ4v) is 3.01. The number of hydrogen-bond donors (Lipinski definition) is 2. The van der Waals surface area contributed by atoms with E-state index in [1.807, 2.05) is 0 Å². The molecule has 1 aliphatic heterocycles. The number of rotatable bonds is 9. The molecule has 2 aromatic rings. The number of benzene rings is 2. The SMILES string of the molecule is COCCNC(=O)c1ccccc1NC(=O)c1ccc(OCC2CCCO2)cc1. The minimum absolute atomic E-state index is 0.143. The van der Waals surface area contributed by atoms with Crippen LogP contribution < -0.4 is 15.4 Å². The van der Waals surface area contributed by atoms with Gasteiger partial charge in [-0.1, -0.05) is 12.1 Å². The van der Waals surface area contributed by atoms with Crippen molar-refractivity contribution in [3.05, 3.63) is 59.7 Å². The number of carbonyl (C=O) groups is 2. The van der Waals surface area contributed by atoms with Crippen LogP contribution in [0.15, 0.2) is 48.5 Å². The molecule has 1 fully saturated rings. The van der Waals surface area contributed by atoms with Gasteiger partial charge in [0.05, 0.1) is 24.0 Å². The maximum Gasteiger partial charge on any atom is 0.255 e. The zero-order valence-corrected chi connectivity index (χ0v) is 16.5. The third-order valence-electron chi connectivity index (χ3n) is 4.59. The Bertz CT molecular complexity index is 816. The van der Waals surface area contributed by atoms with Crippen LogP contribution in [0.5, 0.6) is 5.75 Å². The molecule has 1 heterocycles. The van der Waals surface area contributed by atoms with Gasteiger partial charge < -0.3 is 24.8 Å². The summed E-state index contributed by atoms with van der Waals surface area (Å²) in [4.78, 5) is 24.9. The molecule has 2 N–H and O–H groups in total. The number of carbonyl (C=O) groups excluding carboxylic acids is 2. The van der Waals surface area contributed by atoms with Crippen molar-refractivity contribution in [2.24, 2.45) is 0 Å². The first-order chi connectivity index (χ1) is 14.2. The van der Waals surface area contributed by atoms with Crippen molar-refractivity contribution in [1.82, 2.24) is 5.32 Å². The van der Waals surface area contributed by atoms with E-state index in [2.05, 4.69) is 10.6 Å². The molecule has 1 atom stereocenters. The van der Waals surface area contributed by atoms with Gasteiger partial charge >= 0.3 is 0 Å². The van der Waals surface area contributed by atoms with Gasteiger partial charge in [-0.15, -0.1) is 0 Å². The second-order valence-electron chi connectivity index (χ2n) is 6.72. The van der Waals surface area contributed by atoms with Crippen LogP contribution in [0.25, 0.3) is 0 Å². The van der Waals surface area contributed by atoms with Crippen molar-refractivity contribution < 1.29 is 23.8 Å². The van der Waals surface area contributed by atoms with Gasteiger partial charge in [-0.05, 0) is 49.2 Å². The fourth-order valence-electron chi connectivity index (χ4n) is 3.01. The molecule has 0 saturated carbocycles. The van der Waals surface area contributed by atoms with Gasteiger partial charge in [0.1, 0.15) is 12.4 Å². The number of ether oxygens (including phenoxy) is 3. The van der Waals surface area contributed by atoms with E-state index in [0.29, 0.717) is 42.3 Å². The second-order valence-corrected chi connectivity index (χ2v) is 6.72. The Morgan fingerprint density at radius 3 is 2.62 bits per heavy atom. The lowest BCUT2D eigenvalue weighted by molar-refractivity contribution is 0.0679. The van der Waals surface area contributed by atoms with Crippen LogP contribution in [-0.4, -0.2) is 51.4 Å². The topological polar surface area (TPSA) is 85.9 Å². The predicted molar refractivity (Wildman–Crippen MR) is 110 cm³/mol. The average Bonchev–Trinajstić information content (AvgIpc) is 3.27. The molecule has 0 bridgehead atoms. The molecule has 3 rings (SSSR count). The van der Waals surface area contributed by atoms with Crippen molar-refractivity contribution in [3.63, 3.8) is 0 Å². The van der Waals surface area contributed by atoms with Gasteiger partial charge in [0, 0.05) is 25.8 Å². The van der Waals surface area contributed by atoms with E-state index < -0.39 is 0 Å². The molecule has 2 aromatic carbocycles. The number of amides is 2. The number of nitrogens with one attached hydrogen (secondary N) is 2. The van der Waals surface area contributed by atoms with Gasteiger partial charge in [-0.2, -0.15) is 0 Å². The molecule has 0 spiro atoms. The van der Waals surface area contributed by atoms with Gasteiger partial charge in [0.25, 0.3) is 11.8 Å². The summed E-state index contributed by atoms with van der Waals surface area (Å²) in [6.45, 7) is 2.11. The Morgan fingerprint density at radius 1 is 1.10 bits per heavy atom. The summed E-state index contributed by atoms with van der Waals surface area (Å²) >= 11 is 0. The van der Waals surface area contributed by atoms with E-state index in [9.17, 15) is 9.59 Å². The Hall–Kier alpha value is -2.90. The van der Waals surface area contributed by atoms with Crippen molar-refractivity contribution in [2.45, 2.75) is 18.9 Å². The van der Waals surface area contributed by atoms with Crippen molar-refractivity contribution >= 4 is 17.5 Å². The van der Waals surface area contributed by atoms with Crippen LogP contribution in [0.3, 0.4) is 0 Å². The smallest absolute Gasteiger partial charge is 0.255 e. The molecule has 0 aliphatic carbocycles. The van der Waals surface area contributed by atoms with Gasteiger partial charge in [0.2, 0.25) is 0 Å². The van der Waals surface area contributed by atoms with Crippen LogP contribution in [0, 0.1) is 0 Å². The molecular weight excluding hydrogens is 372 g/mol. The maximum atomic E-state index is 12.6. The quantitative estimate of drug-likeness (QED) is 0.635. The summed E-state index contributed by atoms with van der Waals surface area (Å²) in [5, 5.41) is 5.56. The first-order valence-corrected chi connectivity index (χ1v) is 9.69. The Balaban J connectivity index is 1.59. The standard InChI is InChI=1S/C22H26N2O5/c1-27-14-12-23-22(26)19-6-2-3-7-20(19)24-21(25)16-8-10-17(11-9-16)29-15-18-5-4-13-28-18/h2-3,6-11,18H,4-5,12-15H2,1H3,(H,23,26)(H,24,25). The molecule has 29 heavy (non-hydrogen) atoms. The predicted octanol–water partition coefficient (Wildman–Crippen LogP) is 2.87. The van der Waals surface area contributed by atoms with Crippen LogP contribution in [0.2, 0.25) is 0 Å². The fraction of sp³-hybridized carbons (Fsp3) is 0.364. The van der Waals surface area contributed by atoms with E-state index in [1.54, 1.807) is 55.6 Å². The van der Waals surface area contributed by atoms with E-state index >= 15 is 0 Å². The molecule has 1 aliphatic rings. The Kier molecular flexibility index (Phi) is 7.61. The van der Waals surface area contributed by atoms with Crippen LogP contribution in [0.1, 0.15) is 33.6 Å². The van der Waals surface area contributed by atoms with E-state index in [1.165, 1.54) is 0 Å². The van der Waals surface area contributed by atoms with Crippen LogP contribution in [-0.2, 0) is 9.47 Å². The Morgan fingerprint density at radius 2 is 1.90 bits per heavy atom. The summed E-state index contributed by atoms with van der Waals surface area (Å²) in [6, 6.07) is 13.8. The Labute approximate surface area is 170 Å². The summed E-state index contributed by atoms with van der Waals surface area (Å²) in [5.41, 5.74) is 1.32. The molecule has 0 radical (unpaired) electrons. The summed E-state index contributed by atoms with van der Waals surface area (Å²) in [7, 11) is 1.57. The van der Waals surface area contributed by atoms with Gasteiger partial charge in [-0.3, -0.25) is 9.59 Å². The van der Waals surface area contributed by atoms with Crippen molar-refractivity contribution in [2.75, 3.05) is 38.8 Å². The highest BCUT2D eigenvalue weighted by molar-refractivity contribution is 6.09. The highest BCUT2D eigenvalue weighted by Gasteiger charge is 2.16. The molecule has 154 valence electrons. The van der Waals surface area contributed by atoms with Gasteiger partial charge in [0.15, 0.2) is 0 Å². The zero-order valence-electron chi connectivity index (χ0n) is 16.5. The third kappa shape index (κ3) is 6.04. The lowest BCUT2D eigenvalue weighted by Crippen LogP contribution is -2.28. The molecule has 0 aromatic heterocycles.